The van der Waals surface area contributed by atoms with Gasteiger partial charge in [0.1, 0.15) is 5.82 Å². The molecule has 0 saturated carbocycles. The van der Waals surface area contributed by atoms with Crippen LogP contribution in [0.3, 0.4) is 0 Å². The van der Waals surface area contributed by atoms with Gasteiger partial charge in [-0.15, -0.1) is 0 Å². The molecule has 0 aliphatic carbocycles. The lowest BCUT2D eigenvalue weighted by Crippen LogP contribution is -2.43. The molecule has 1 aromatic carbocycles. The maximum Gasteiger partial charge on any atom is 0.319 e. The molecule has 88 valence electrons. The molecule has 4 nitrogen and oxygen atoms in total. The molecule has 0 aliphatic rings. The number of anilines is 2. The molecule has 0 atom stereocenters. The molecule has 0 heterocycles. The lowest BCUT2D eigenvalue weighted by atomic mass is 10.1. The number of rotatable bonds is 1. The summed E-state index contributed by atoms with van der Waals surface area (Å²) in [6, 6.07) is 3.69. The number of hydrogen-bond acceptors (Lipinski definition) is 2. The summed E-state index contributed by atoms with van der Waals surface area (Å²) in [5.41, 5.74) is 5.52. The SMILES string of the molecule is CC(C)(C)NC(=O)Nc1ccc(F)c(N)c1. The number of nitrogens with one attached hydrogen (secondary N) is 2. The van der Waals surface area contributed by atoms with E-state index >= 15 is 0 Å². The Morgan fingerprint density at radius 3 is 2.50 bits per heavy atom. The van der Waals surface area contributed by atoms with Gasteiger partial charge in [-0.25, -0.2) is 9.18 Å². The molecule has 16 heavy (non-hydrogen) atoms. The summed E-state index contributed by atoms with van der Waals surface area (Å²) in [5, 5.41) is 5.29. The van der Waals surface area contributed by atoms with Crippen molar-refractivity contribution < 1.29 is 9.18 Å². The first-order chi connectivity index (χ1) is 7.28. The smallest absolute Gasteiger partial charge is 0.319 e. The molecule has 0 spiro atoms. The lowest BCUT2D eigenvalue weighted by Gasteiger charge is -2.20. The fraction of sp³-hybridized carbons (Fsp3) is 0.364. The second-order valence-corrected chi connectivity index (χ2v) is 4.57. The number of nitrogen functional groups attached to an aromatic ring is 1. The Morgan fingerprint density at radius 1 is 1.38 bits per heavy atom. The van der Waals surface area contributed by atoms with Crippen LogP contribution in [-0.2, 0) is 0 Å². The van der Waals surface area contributed by atoms with Crippen LogP contribution >= 0.6 is 0 Å². The first-order valence-electron chi connectivity index (χ1n) is 4.92. The van der Waals surface area contributed by atoms with E-state index in [9.17, 15) is 9.18 Å². The Bertz CT molecular complexity index is 399. The zero-order chi connectivity index (χ0) is 12.3. The first kappa shape index (κ1) is 12.3. The highest BCUT2D eigenvalue weighted by atomic mass is 19.1. The van der Waals surface area contributed by atoms with E-state index in [1.54, 1.807) is 0 Å². The van der Waals surface area contributed by atoms with E-state index in [0.29, 0.717) is 5.69 Å². The van der Waals surface area contributed by atoms with Crippen molar-refractivity contribution in [3.05, 3.63) is 24.0 Å². The fourth-order valence-corrected chi connectivity index (χ4v) is 1.12. The highest BCUT2D eigenvalue weighted by Gasteiger charge is 2.13. The third kappa shape index (κ3) is 3.76. The number of halogens is 1. The summed E-state index contributed by atoms with van der Waals surface area (Å²) in [5.74, 6) is -0.498. The number of carbonyl (C=O) groups excluding carboxylic acids is 1. The molecule has 0 bridgehead atoms. The highest BCUT2D eigenvalue weighted by molar-refractivity contribution is 5.90. The second kappa shape index (κ2) is 4.38. The second-order valence-electron chi connectivity index (χ2n) is 4.57. The van der Waals surface area contributed by atoms with E-state index in [0.717, 1.165) is 0 Å². The third-order valence-electron chi connectivity index (χ3n) is 1.74. The van der Waals surface area contributed by atoms with Gasteiger partial charge in [0.25, 0.3) is 0 Å². The molecule has 0 radical (unpaired) electrons. The van der Waals surface area contributed by atoms with Crippen LogP contribution in [0, 0.1) is 5.82 Å². The van der Waals surface area contributed by atoms with Gasteiger partial charge in [0.2, 0.25) is 0 Å². The molecule has 0 aromatic heterocycles. The number of urea groups is 1. The molecule has 0 aliphatic heterocycles. The van der Waals surface area contributed by atoms with Crippen LogP contribution in [0.25, 0.3) is 0 Å². The molecule has 5 heteroatoms. The lowest BCUT2D eigenvalue weighted by molar-refractivity contribution is 0.244. The van der Waals surface area contributed by atoms with Crippen molar-refractivity contribution in [3.63, 3.8) is 0 Å². The van der Waals surface area contributed by atoms with Crippen LogP contribution in [0.1, 0.15) is 20.8 Å². The topological polar surface area (TPSA) is 67.2 Å². The van der Waals surface area contributed by atoms with E-state index in [1.165, 1.54) is 18.2 Å². The monoisotopic (exact) mass is 225 g/mol. The van der Waals surface area contributed by atoms with Gasteiger partial charge in [0.15, 0.2) is 0 Å². The predicted molar refractivity (Wildman–Crippen MR) is 62.7 cm³/mol. The van der Waals surface area contributed by atoms with Crippen molar-refractivity contribution in [3.8, 4) is 0 Å². The number of carbonyl (C=O) groups is 1. The number of nitrogens with two attached hydrogens (primary N) is 1. The number of amides is 2. The predicted octanol–water partition coefficient (Wildman–Crippen LogP) is 2.33. The van der Waals surface area contributed by atoms with Crippen LogP contribution in [-0.4, -0.2) is 11.6 Å². The molecule has 2 amide bonds. The Balaban J connectivity index is 2.67. The quantitative estimate of drug-likeness (QED) is 0.642. The minimum absolute atomic E-state index is 0.00792. The summed E-state index contributed by atoms with van der Waals surface area (Å²) in [6.45, 7) is 5.60. The van der Waals surface area contributed by atoms with Gasteiger partial charge < -0.3 is 16.4 Å². The largest absolute Gasteiger partial charge is 0.396 e. The van der Waals surface area contributed by atoms with E-state index in [4.69, 9.17) is 5.73 Å². The van der Waals surface area contributed by atoms with E-state index in [1.807, 2.05) is 20.8 Å². The van der Waals surface area contributed by atoms with Gasteiger partial charge >= 0.3 is 6.03 Å². The van der Waals surface area contributed by atoms with Crippen molar-refractivity contribution >= 4 is 17.4 Å². The van der Waals surface area contributed by atoms with E-state index < -0.39 is 5.82 Å². The maximum atomic E-state index is 12.9. The molecule has 0 fully saturated rings. The van der Waals surface area contributed by atoms with Crippen molar-refractivity contribution in [1.29, 1.82) is 0 Å². The van der Waals surface area contributed by atoms with Crippen molar-refractivity contribution in [2.24, 2.45) is 0 Å². The molecule has 0 unspecified atom stereocenters. The van der Waals surface area contributed by atoms with Crippen molar-refractivity contribution in [1.82, 2.24) is 5.32 Å². The normalized spacial score (nSPS) is 11.0. The third-order valence-corrected chi connectivity index (χ3v) is 1.74. The summed E-state index contributed by atoms with van der Waals surface area (Å²) >= 11 is 0. The van der Waals surface area contributed by atoms with Gasteiger partial charge in [-0.2, -0.15) is 0 Å². The Kier molecular flexibility index (Phi) is 3.37. The van der Waals surface area contributed by atoms with Gasteiger partial charge in [0.05, 0.1) is 5.69 Å². The Hall–Kier alpha value is -1.78. The van der Waals surface area contributed by atoms with E-state index in [-0.39, 0.29) is 17.3 Å². The summed E-state index contributed by atoms with van der Waals surface area (Å²) in [7, 11) is 0. The number of hydrogen-bond donors (Lipinski definition) is 3. The van der Waals surface area contributed by atoms with Gasteiger partial charge in [-0.05, 0) is 39.0 Å². The van der Waals surface area contributed by atoms with Crippen LogP contribution < -0.4 is 16.4 Å². The molecule has 1 rings (SSSR count). The molecule has 4 N–H and O–H groups in total. The highest BCUT2D eigenvalue weighted by Crippen LogP contribution is 2.16. The standard InChI is InChI=1S/C11H16FN3O/c1-11(2,3)15-10(16)14-7-4-5-8(12)9(13)6-7/h4-6H,13H2,1-3H3,(H2,14,15,16). The maximum absolute atomic E-state index is 12.9. The van der Waals surface area contributed by atoms with Crippen molar-refractivity contribution in [2.45, 2.75) is 26.3 Å². The minimum atomic E-state index is -0.498. The summed E-state index contributed by atoms with van der Waals surface area (Å²) in [6.07, 6.45) is 0. The Morgan fingerprint density at radius 2 is 2.00 bits per heavy atom. The molecule has 1 aromatic rings. The van der Waals surface area contributed by atoms with E-state index in [2.05, 4.69) is 10.6 Å². The van der Waals surface area contributed by atoms with Crippen LogP contribution in [0.2, 0.25) is 0 Å². The zero-order valence-electron chi connectivity index (χ0n) is 9.60. The number of benzene rings is 1. The fourth-order valence-electron chi connectivity index (χ4n) is 1.12. The van der Waals surface area contributed by atoms with Crippen molar-refractivity contribution in [2.75, 3.05) is 11.1 Å². The minimum Gasteiger partial charge on any atom is -0.396 e. The average molecular weight is 225 g/mol. The first-order valence-corrected chi connectivity index (χ1v) is 4.92. The molecular weight excluding hydrogens is 209 g/mol. The van der Waals surface area contributed by atoms with Gasteiger partial charge in [-0.1, -0.05) is 0 Å². The Labute approximate surface area is 94.0 Å². The van der Waals surface area contributed by atoms with Crippen LogP contribution in [0.4, 0.5) is 20.6 Å². The van der Waals surface area contributed by atoms with Gasteiger partial charge in [-0.3, -0.25) is 0 Å². The zero-order valence-corrected chi connectivity index (χ0v) is 9.60. The van der Waals surface area contributed by atoms with Crippen LogP contribution in [0.15, 0.2) is 18.2 Å². The van der Waals surface area contributed by atoms with Gasteiger partial charge in [0, 0.05) is 11.2 Å². The molecular formula is C11H16FN3O. The average Bonchev–Trinajstić information content (AvgIpc) is 2.08. The summed E-state index contributed by atoms with van der Waals surface area (Å²) in [4.78, 5) is 11.5. The molecule has 0 saturated heterocycles. The van der Waals surface area contributed by atoms with Crippen LogP contribution in [0.5, 0.6) is 0 Å². The summed E-state index contributed by atoms with van der Waals surface area (Å²) < 4.78 is 12.9.